The van der Waals surface area contributed by atoms with Crippen molar-refractivity contribution in [3.05, 3.63) is 71.8 Å². The highest BCUT2D eigenvalue weighted by Gasteiger charge is 2.21. The van der Waals surface area contributed by atoms with E-state index < -0.39 is 18.0 Å². The third kappa shape index (κ3) is 5.46. The second kappa shape index (κ2) is 8.96. The first kappa shape index (κ1) is 17.0. The predicted octanol–water partition coefficient (Wildman–Crippen LogP) is 2.12. The summed E-state index contributed by atoms with van der Waals surface area (Å²) in [6, 6.07) is 17.5. The Morgan fingerprint density at radius 1 is 1.00 bits per heavy atom. The molecule has 0 heterocycles. The number of ether oxygens (including phenoxy) is 1. The highest BCUT2D eigenvalue weighted by molar-refractivity contribution is 5.86. The molecule has 0 aliphatic heterocycles. The van der Waals surface area contributed by atoms with Crippen LogP contribution in [0.3, 0.4) is 0 Å². The number of carbonyl (C=O) groups is 2. The first-order valence-corrected chi connectivity index (χ1v) is 7.39. The minimum atomic E-state index is -0.893. The molecule has 0 fully saturated rings. The highest BCUT2D eigenvalue weighted by Crippen LogP contribution is 2.05. The van der Waals surface area contributed by atoms with E-state index in [1.165, 1.54) is 0 Å². The van der Waals surface area contributed by atoms with Gasteiger partial charge in [-0.2, -0.15) is 5.26 Å². The minimum absolute atomic E-state index is 0.102. The van der Waals surface area contributed by atoms with Crippen LogP contribution in [0.2, 0.25) is 0 Å². The summed E-state index contributed by atoms with van der Waals surface area (Å²) in [5.74, 6) is -0.585. The number of carbonyl (C=O) groups excluding carboxylic acids is 2. The minimum Gasteiger partial charge on any atom is -0.445 e. The van der Waals surface area contributed by atoms with Crippen LogP contribution in [0.1, 0.15) is 11.1 Å². The molecule has 0 saturated heterocycles. The van der Waals surface area contributed by atoms with E-state index in [-0.39, 0.29) is 13.0 Å². The van der Waals surface area contributed by atoms with Gasteiger partial charge in [0.15, 0.2) is 6.19 Å². The van der Waals surface area contributed by atoms with Crippen LogP contribution < -0.4 is 10.6 Å². The molecule has 0 aliphatic rings. The van der Waals surface area contributed by atoms with Crippen LogP contribution in [0.4, 0.5) is 4.79 Å². The van der Waals surface area contributed by atoms with Crippen molar-refractivity contribution in [2.24, 2.45) is 0 Å². The predicted molar refractivity (Wildman–Crippen MR) is 87.5 cm³/mol. The SMILES string of the molecule is N#CNC(=O)[C@H](Cc1ccccc1)NC(=O)OCc1ccccc1. The second-order valence-corrected chi connectivity index (χ2v) is 5.05. The lowest BCUT2D eigenvalue weighted by Gasteiger charge is -2.16. The standard InChI is InChI=1S/C18H17N3O3/c19-13-20-17(22)16(11-14-7-3-1-4-8-14)21-18(23)24-12-15-9-5-2-6-10-15/h1-10,16H,11-12H2,(H,20,22)(H,21,23)/t16-/m0/s1. The maximum atomic E-state index is 12.0. The number of rotatable bonds is 6. The van der Waals surface area contributed by atoms with Crippen molar-refractivity contribution in [2.75, 3.05) is 0 Å². The molecule has 0 bridgehead atoms. The Hall–Kier alpha value is -3.33. The third-order valence-electron chi connectivity index (χ3n) is 3.28. The van der Waals surface area contributed by atoms with Gasteiger partial charge in [-0.25, -0.2) is 4.79 Å². The van der Waals surface area contributed by atoms with Crippen molar-refractivity contribution in [3.8, 4) is 6.19 Å². The zero-order valence-electron chi connectivity index (χ0n) is 12.9. The Labute approximate surface area is 140 Å². The fourth-order valence-corrected chi connectivity index (χ4v) is 2.11. The summed E-state index contributed by atoms with van der Waals surface area (Å²) in [5, 5.41) is 13.1. The number of amides is 2. The molecule has 1 atom stereocenters. The van der Waals surface area contributed by atoms with Gasteiger partial charge in [0.2, 0.25) is 0 Å². The lowest BCUT2D eigenvalue weighted by atomic mass is 10.1. The van der Waals surface area contributed by atoms with E-state index >= 15 is 0 Å². The van der Waals surface area contributed by atoms with Crippen molar-refractivity contribution in [3.63, 3.8) is 0 Å². The van der Waals surface area contributed by atoms with Crippen LogP contribution in [0, 0.1) is 11.5 Å². The van der Waals surface area contributed by atoms with E-state index in [4.69, 9.17) is 10.00 Å². The van der Waals surface area contributed by atoms with Crippen molar-refractivity contribution < 1.29 is 14.3 Å². The highest BCUT2D eigenvalue weighted by atomic mass is 16.5. The Bertz CT molecular complexity index is 711. The van der Waals surface area contributed by atoms with Crippen molar-refractivity contribution >= 4 is 12.0 Å². The smallest absolute Gasteiger partial charge is 0.408 e. The molecule has 0 spiro atoms. The van der Waals surface area contributed by atoms with Gasteiger partial charge in [0, 0.05) is 6.42 Å². The number of alkyl carbamates (subject to hydrolysis) is 1. The Kier molecular flexibility index (Phi) is 6.35. The van der Waals surface area contributed by atoms with Gasteiger partial charge in [-0.05, 0) is 11.1 Å². The summed E-state index contributed by atoms with van der Waals surface area (Å²) in [4.78, 5) is 23.9. The van der Waals surface area contributed by atoms with Gasteiger partial charge in [-0.15, -0.1) is 0 Å². The molecule has 2 N–H and O–H groups in total. The maximum Gasteiger partial charge on any atom is 0.408 e. The molecule has 6 nitrogen and oxygen atoms in total. The molecule has 2 amide bonds. The number of hydrogen-bond donors (Lipinski definition) is 2. The average molecular weight is 323 g/mol. The fraction of sp³-hybridized carbons (Fsp3) is 0.167. The Morgan fingerprint density at radius 3 is 2.17 bits per heavy atom. The van der Waals surface area contributed by atoms with Crippen LogP contribution in [0.5, 0.6) is 0 Å². The fourth-order valence-electron chi connectivity index (χ4n) is 2.11. The van der Waals surface area contributed by atoms with E-state index in [0.29, 0.717) is 0 Å². The molecule has 0 radical (unpaired) electrons. The maximum absolute atomic E-state index is 12.0. The first-order chi connectivity index (χ1) is 11.7. The lowest BCUT2D eigenvalue weighted by Crippen LogP contribution is -2.47. The molecule has 0 saturated carbocycles. The largest absolute Gasteiger partial charge is 0.445 e. The van der Waals surface area contributed by atoms with E-state index in [2.05, 4.69) is 5.32 Å². The summed E-state index contributed by atoms with van der Waals surface area (Å²) >= 11 is 0. The topological polar surface area (TPSA) is 91.2 Å². The molecule has 0 unspecified atom stereocenters. The van der Waals surface area contributed by atoms with Crippen LogP contribution in [0.15, 0.2) is 60.7 Å². The van der Waals surface area contributed by atoms with Gasteiger partial charge in [0.25, 0.3) is 5.91 Å². The van der Waals surface area contributed by atoms with E-state index in [1.54, 1.807) is 6.19 Å². The van der Waals surface area contributed by atoms with Crippen LogP contribution in [-0.4, -0.2) is 18.0 Å². The van der Waals surface area contributed by atoms with Gasteiger partial charge < -0.3 is 10.1 Å². The average Bonchev–Trinajstić information content (AvgIpc) is 2.61. The van der Waals surface area contributed by atoms with Gasteiger partial charge in [0.05, 0.1) is 0 Å². The molecule has 2 rings (SSSR count). The number of benzene rings is 2. The van der Waals surface area contributed by atoms with Crippen LogP contribution in [0.25, 0.3) is 0 Å². The molecule has 2 aromatic rings. The van der Waals surface area contributed by atoms with Gasteiger partial charge in [-0.3, -0.25) is 10.1 Å². The Balaban J connectivity index is 1.95. The van der Waals surface area contributed by atoms with Crippen molar-refractivity contribution in [2.45, 2.75) is 19.1 Å². The van der Waals surface area contributed by atoms with Gasteiger partial charge >= 0.3 is 6.09 Å². The summed E-state index contributed by atoms with van der Waals surface area (Å²) in [6.45, 7) is 0.102. The zero-order chi connectivity index (χ0) is 17.2. The monoisotopic (exact) mass is 323 g/mol. The van der Waals surface area contributed by atoms with E-state index in [0.717, 1.165) is 11.1 Å². The van der Waals surface area contributed by atoms with Gasteiger partial charge in [-0.1, -0.05) is 60.7 Å². The molecule has 0 aliphatic carbocycles. The summed E-state index contributed by atoms with van der Waals surface area (Å²) < 4.78 is 5.11. The first-order valence-electron chi connectivity index (χ1n) is 7.39. The van der Waals surface area contributed by atoms with Crippen LogP contribution >= 0.6 is 0 Å². The van der Waals surface area contributed by atoms with E-state index in [1.807, 2.05) is 66.0 Å². The number of nitrogens with zero attached hydrogens (tertiary/aromatic N) is 1. The molecule has 6 heteroatoms. The van der Waals surface area contributed by atoms with Crippen LogP contribution in [-0.2, 0) is 22.6 Å². The van der Waals surface area contributed by atoms with Gasteiger partial charge in [0.1, 0.15) is 12.6 Å². The Morgan fingerprint density at radius 2 is 1.58 bits per heavy atom. The summed E-state index contributed by atoms with van der Waals surface area (Å²) in [7, 11) is 0. The third-order valence-corrected chi connectivity index (χ3v) is 3.28. The molecular weight excluding hydrogens is 306 g/mol. The lowest BCUT2D eigenvalue weighted by molar-refractivity contribution is -0.121. The van der Waals surface area contributed by atoms with Crippen molar-refractivity contribution in [1.82, 2.24) is 10.6 Å². The number of nitrogens with one attached hydrogen (secondary N) is 2. The number of hydrogen-bond acceptors (Lipinski definition) is 4. The molecule has 122 valence electrons. The van der Waals surface area contributed by atoms with E-state index in [9.17, 15) is 9.59 Å². The molecule has 2 aromatic carbocycles. The summed E-state index contributed by atoms with van der Waals surface area (Å²) in [6.07, 6.45) is 1.12. The quantitative estimate of drug-likeness (QED) is 0.629. The zero-order valence-corrected chi connectivity index (χ0v) is 12.9. The molecule has 0 aromatic heterocycles. The molecule has 24 heavy (non-hydrogen) atoms. The number of nitriles is 1. The normalized spacial score (nSPS) is 11.0. The second-order valence-electron chi connectivity index (χ2n) is 5.05. The summed E-state index contributed by atoms with van der Waals surface area (Å²) in [5.41, 5.74) is 1.70. The molecular formula is C18H17N3O3. The van der Waals surface area contributed by atoms with Crippen molar-refractivity contribution in [1.29, 1.82) is 5.26 Å².